The van der Waals surface area contributed by atoms with Gasteiger partial charge < -0.3 is 4.42 Å². The van der Waals surface area contributed by atoms with Crippen LogP contribution in [0.5, 0.6) is 0 Å². The Labute approximate surface area is 237 Å². The number of rotatable bonds is 4. The van der Waals surface area contributed by atoms with Crippen LogP contribution in [0.3, 0.4) is 0 Å². The van der Waals surface area contributed by atoms with Crippen molar-refractivity contribution in [3.63, 3.8) is 0 Å². The summed E-state index contributed by atoms with van der Waals surface area (Å²) in [5.41, 5.74) is 10.9. The van der Waals surface area contributed by atoms with Crippen molar-refractivity contribution in [1.29, 1.82) is 0 Å². The topological polar surface area (TPSA) is 43.9 Å². The first-order valence-corrected chi connectivity index (χ1v) is 13.8. The number of imidazole rings is 1. The molecule has 3 heterocycles. The van der Waals surface area contributed by atoms with Crippen LogP contribution in [-0.2, 0) is 0 Å². The number of aromatic nitrogens is 3. The standard InChI is InChI=1S/C37H25N3O/c1-24-22-23-30-29-18-11-19-31(35(29)41-37(30)38-24)36-39-32-20-8-9-21-33(32)40(36)34-27(25-12-4-2-5-13-25)16-10-17-28(34)26-14-6-3-7-15-26/h2-23H,1H3. The average Bonchev–Trinajstić information content (AvgIpc) is 3.59. The molecule has 4 heteroatoms. The number of pyridine rings is 1. The van der Waals surface area contributed by atoms with Crippen LogP contribution < -0.4 is 0 Å². The number of furan rings is 1. The van der Waals surface area contributed by atoms with Crippen molar-refractivity contribution in [3.8, 4) is 39.3 Å². The zero-order chi connectivity index (χ0) is 27.3. The third-order valence-corrected chi connectivity index (χ3v) is 7.73. The number of nitrogens with zero attached hydrogens (tertiary/aromatic N) is 3. The summed E-state index contributed by atoms with van der Waals surface area (Å²) in [5.74, 6) is 0.827. The highest BCUT2D eigenvalue weighted by Crippen LogP contribution is 2.42. The molecular formula is C37H25N3O. The molecule has 5 aromatic carbocycles. The lowest BCUT2D eigenvalue weighted by Crippen LogP contribution is -2.03. The van der Waals surface area contributed by atoms with Crippen molar-refractivity contribution in [1.82, 2.24) is 14.5 Å². The Hall–Kier alpha value is -5.48. The van der Waals surface area contributed by atoms with Gasteiger partial charge in [0.25, 0.3) is 0 Å². The Kier molecular flexibility index (Phi) is 5.32. The maximum Gasteiger partial charge on any atom is 0.227 e. The van der Waals surface area contributed by atoms with E-state index in [1.165, 1.54) is 0 Å². The van der Waals surface area contributed by atoms with Gasteiger partial charge in [-0.15, -0.1) is 0 Å². The monoisotopic (exact) mass is 527 g/mol. The fourth-order valence-corrected chi connectivity index (χ4v) is 5.87. The van der Waals surface area contributed by atoms with Crippen molar-refractivity contribution in [2.45, 2.75) is 6.92 Å². The van der Waals surface area contributed by atoms with Crippen molar-refractivity contribution < 1.29 is 4.42 Å². The summed E-state index contributed by atoms with van der Waals surface area (Å²) < 4.78 is 8.78. The maximum absolute atomic E-state index is 6.47. The smallest absolute Gasteiger partial charge is 0.227 e. The lowest BCUT2D eigenvalue weighted by Gasteiger charge is -2.19. The molecule has 0 saturated carbocycles. The Morgan fingerprint density at radius 1 is 0.537 bits per heavy atom. The number of aryl methyl sites for hydroxylation is 1. The fraction of sp³-hybridized carbons (Fsp3) is 0.0270. The normalized spacial score (nSPS) is 11.5. The molecule has 0 radical (unpaired) electrons. The van der Waals surface area contributed by atoms with E-state index in [1.807, 2.05) is 19.1 Å². The lowest BCUT2D eigenvalue weighted by molar-refractivity contribution is 0.653. The Morgan fingerprint density at radius 3 is 1.90 bits per heavy atom. The summed E-state index contributed by atoms with van der Waals surface area (Å²) in [6, 6.07) is 46.4. The Morgan fingerprint density at radius 2 is 1.17 bits per heavy atom. The first-order chi connectivity index (χ1) is 20.3. The van der Waals surface area contributed by atoms with Crippen LogP contribution in [0.2, 0.25) is 0 Å². The summed E-state index contributed by atoms with van der Waals surface area (Å²) in [5, 5.41) is 2.04. The van der Waals surface area contributed by atoms with Crippen molar-refractivity contribution in [3.05, 3.63) is 139 Å². The summed E-state index contributed by atoms with van der Waals surface area (Å²) in [4.78, 5) is 9.93. The van der Waals surface area contributed by atoms with E-state index < -0.39 is 0 Å². The third-order valence-electron chi connectivity index (χ3n) is 7.73. The average molecular weight is 528 g/mol. The van der Waals surface area contributed by atoms with Gasteiger partial charge in [-0.3, -0.25) is 4.57 Å². The van der Waals surface area contributed by atoms with Gasteiger partial charge in [-0.05, 0) is 48.4 Å². The number of hydrogen-bond donors (Lipinski definition) is 0. The van der Waals surface area contributed by atoms with Crippen LogP contribution >= 0.6 is 0 Å². The van der Waals surface area contributed by atoms with Gasteiger partial charge in [-0.25, -0.2) is 9.97 Å². The molecule has 4 nitrogen and oxygen atoms in total. The Bertz CT molecular complexity index is 2150. The fourth-order valence-electron chi connectivity index (χ4n) is 5.87. The predicted molar refractivity (Wildman–Crippen MR) is 167 cm³/mol. The van der Waals surface area contributed by atoms with Gasteiger partial charge >= 0.3 is 0 Å². The number of fused-ring (bicyclic) bond motifs is 4. The van der Waals surface area contributed by atoms with E-state index >= 15 is 0 Å². The molecular weight excluding hydrogens is 502 g/mol. The van der Waals surface area contributed by atoms with Crippen molar-refractivity contribution >= 4 is 33.1 Å². The summed E-state index contributed by atoms with van der Waals surface area (Å²) in [6.07, 6.45) is 0. The van der Waals surface area contributed by atoms with Crippen molar-refractivity contribution in [2.24, 2.45) is 0 Å². The van der Waals surface area contributed by atoms with Gasteiger partial charge in [0.2, 0.25) is 5.71 Å². The van der Waals surface area contributed by atoms with Gasteiger partial charge in [0, 0.05) is 27.6 Å². The second-order valence-corrected chi connectivity index (χ2v) is 10.3. The first-order valence-electron chi connectivity index (χ1n) is 13.8. The molecule has 0 amide bonds. The molecule has 0 saturated heterocycles. The molecule has 41 heavy (non-hydrogen) atoms. The zero-order valence-electron chi connectivity index (χ0n) is 22.5. The molecule has 194 valence electrons. The molecule has 0 aliphatic carbocycles. The number of para-hydroxylation sites is 4. The van der Waals surface area contributed by atoms with E-state index in [9.17, 15) is 0 Å². The van der Waals surface area contributed by atoms with Crippen LogP contribution in [-0.4, -0.2) is 14.5 Å². The second-order valence-electron chi connectivity index (χ2n) is 10.3. The minimum Gasteiger partial charge on any atom is -0.437 e. The second kappa shape index (κ2) is 9.32. The molecule has 8 aromatic rings. The predicted octanol–water partition coefficient (Wildman–Crippen LogP) is 9.63. The van der Waals surface area contributed by atoms with Gasteiger partial charge in [-0.2, -0.15) is 0 Å². The first kappa shape index (κ1) is 23.4. The van der Waals surface area contributed by atoms with Gasteiger partial charge in [-0.1, -0.05) is 103 Å². The summed E-state index contributed by atoms with van der Waals surface area (Å²) in [6.45, 7) is 1.98. The van der Waals surface area contributed by atoms with E-state index in [4.69, 9.17) is 9.40 Å². The minimum atomic E-state index is 0.643. The van der Waals surface area contributed by atoms with E-state index in [-0.39, 0.29) is 0 Å². The quantitative estimate of drug-likeness (QED) is 0.229. The highest BCUT2D eigenvalue weighted by atomic mass is 16.3. The molecule has 0 N–H and O–H groups in total. The molecule has 3 aromatic heterocycles. The van der Waals surface area contributed by atoms with Crippen LogP contribution in [0.25, 0.3) is 72.4 Å². The van der Waals surface area contributed by atoms with Gasteiger partial charge in [0.05, 0.1) is 22.3 Å². The summed E-state index contributed by atoms with van der Waals surface area (Å²) in [7, 11) is 0. The molecule has 0 unspecified atom stereocenters. The van der Waals surface area contributed by atoms with Gasteiger partial charge in [0.15, 0.2) is 0 Å². The zero-order valence-corrected chi connectivity index (χ0v) is 22.5. The molecule has 0 fully saturated rings. The largest absolute Gasteiger partial charge is 0.437 e. The summed E-state index contributed by atoms with van der Waals surface area (Å²) >= 11 is 0. The van der Waals surface area contributed by atoms with Crippen LogP contribution in [0.4, 0.5) is 0 Å². The van der Waals surface area contributed by atoms with E-state index in [0.29, 0.717) is 5.71 Å². The van der Waals surface area contributed by atoms with Crippen LogP contribution in [0.1, 0.15) is 5.69 Å². The Balaban J connectivity index is 1.52. The molecule has 8 rings (SSSR count). The van der Waals surface area contributed by atoms with E-state index in [1.54, 1.807) is 0 Å². The minimum absolute atomic E-state index is 0.643. The molecule has 0 aliphatic rings. The molecule has 0 atom stereocenters. The lowest BCUT2D eigenvalue weighted by atomic mass is 9.95. The third kappa shape index (κ3) is 3.76. The molecule has 0 spiro atoms. The van der Waals surface area contributed by atoms with E-state index in [0.717, 1.165) is 72.4 Å². The molecule has 0 aliphatic heterocycles. The maximum atomic E-state index is 6.47. The van der Waals surface area contributed by atoms with Crippen LogP contribution in [0.15, 0.2) is 138 Å². The molecule has 0 bridgehead atoms. The number of benzene rings is 5. The SMILES string of the molecule is Cc1ccc2c(n1)oc1c(-c3nc4ccccc4n3-c3c(-c4ccccc4)cccc3-c3ccccc3)cccc12. The van der Waals surface area contributed by atoms with Crippen molar-refractivity contribution in [2.75, 3.05) is 0 Å². The van der Waals surface area contributed by atoms with E-state index in [2.05, 4.69) is 131 Å². The highest BCUT2D eigenvalue weighted by molar-refractivity contribution is 6.09. The van der Waals surface area contributed by atoms with Crippen LogP contribution in [0, 0.1) is 6.92 Å². The number of hydrogen-bond acceptors (Lipinski definition) is 3. The highest BCUT2D eigenvalue weighted by Gasteiger charge is 2.23. The van der Waals surface area contributed by atoms with Gasteiger partial charge in [0.1, 0.15) is 11.4 Å².